The van der Waals surface area contributed by atoms with Crippen molar-refractivity contribution < 1.29 is 4.74 Å². The predicted octanol–water partition coefficient (Wildman–Crippen LogP) is 4.35. The van der Waals surface area contributed by atoms with Gasteiger partial charge in [0.25, 0.3) is 0 Å². The van der Waals surface area contributed by atoms with Gasteiger partial charge in [-0.3, -0.25) is 0 Å². The molecule has 3 aromatic rings. The Hall–Kier alpha value is -1.85. The first-order chi connectivity index (χ1) is 10.2. The SMILES string of the molecule is CCOc1ccc2nc(Sc3c(N)cccc3Cl)[nH]c2c1. The number of nitrogens with zero attached hydrogens (tertiary/aromatic N) is 1. The van der Waals surface area contributed by atoms with E-state index in [-0.39, 0.29) is 0 Å². The number of benzene rings is 2. The van der Waals surface area contributed by atoms with Crippen LogP contribution in [0, 0.1) is 0 Å². The summed E-state index contributed by atoms with van der Waals surface area (Å²) in [5.74, 6) is 0.822. The number of imidazole rings is 1. The van der Waals surface area contributed by atoms with Gasteiger partial charge in [-0.2, -0.15) is 0 Å². The third kappa shape index (κ3) is 2.94. The average molecular weight is 320 g/mol. The summed E-state index contributed by atoms with van der Waals surface area (Å²) < 4.78 is 5.48. The normalized spacial score (nSPS) is 11.0. The lowest BCUT2D eigenvalue weighted by Crippen LogP contribution is -1.90. The maximum atomic E-state index is 6.18. The molecule has 0 aliphatic carbocycles. The number of aromatic nitrogens is 2. The average Bonchev–Trinajstić information content (AvgIpc) is 2.85. The zero-order valence-electron chi connectivity index (χ0n) is 11.4. The van der Waals surface area contributed by atoms with E-state index in [1.54, 1.807) is 0 Å². The molecule has 0 unspecified atom stereocenters. The van der Waals surface area contributed by atoms with Crippen LogP contribution in [0.2, 0.25) is 5.02 Å². The Labute approximate surface area is 131 Å². The molecule has 21 heavy (non-hydrogen) atoms. The molecule has 0 saturated carbocycles. The minimum absolute atomic E-state index is 0.621. The van der Waals surface area contributed by atoms with Gasteiger partial charge in [-0.25, -0.2) is 4.98 Å². The van der Waals surface area contributed by atoms with Crippen LogP contribution in [0.5, 0.6) is 5.75 Å². The summed E-state index contributed by atoms with van der Waals surface area (Å²) in [7, 11) is 0. The molecule has 3 N–H and O–H groups in total. The van der Waals surface area contributed by atoms with Crippen molar-refractivity contribution in [3.05, 3.63) is 41.4 Å². The van der Waals surface area contributed by atoms with Gasteiger partial charge in [0.1, 0.15) is 5.75 Å². The lowest BCUT2D eigenvalue weighted by atomic mass is 10.3. The molecule has 6 heteroatoms. The molecule has 0 radical (unpaired) electrons. The van der Waals surface area contributed by atoms with Crippen LogP contribution in [0.3, 0.4) is 0 Å². The summed E-state index contributed by atoms with van der Waals surface area (Å²) >= 11 is 7.60. The highest BCUT2D eigenvalue weighted by atomic mass is 35.5. The lowest BCUT2D eigenvalue weighted by molar-refractivity contribution is 0.340. The second-order valence-electron chi connectivity index (χ2n) is 4.41. The summed E-state index contributed by atoms with van der Waals surface area (Å²) in [6, 6.07) is 11.2. The van der Waals surface area contributed by atoms with Crippen LogP contribution in [0.1, 0.15) is 6.92 Å². The fraction of sp³-hybridized carbons (Fsp3) is 0.133. The maximum Gasteiger partial charge on any atom is 0.171 e. The van der Waals surface area contributed by atoms with Gasteiger partial charge in [0.2, 0.25) is 0 Å². The number of nitrogen functional groups attached to an aromatic ring is 1. The van der Waals surface area contributed by atoms with Gasteiger partial charge in [-0.05, 0) is 43.0 Å². The molecule has 0 aliphatic rings. The van der Waals surface area contributed by atoms with Crippen LogP contribution in [0.25, 0.3) is 11.0 Å². The van der Waals surface area contributed by atoms with Crippen molar-refractivity contribution in [1.29, 1.82) is 0 Å². The van der Waals surface area contributed by atoms with Gasteiger partial charge in [0.15, 0.2) is 5.16 Å². The molecule has 0 spiro atoms. The summed E-state index contributed by atoms with van der Waals surface area (Å²) in [5, 5.41) is 1.37. The summed E-state index contributed by atoms with van der Waals surface area (Å²) in [6.45, 7) is 2.59. The van der Waals surface area contributed by atoms with Crippen LogP contribution in [0.4, 0.5) is 5.69 Å². The standard InChI is InChI=1S/C15H14ClN3OS/c1-2-20-9-6-7-12-13(8-9)19-15(18-12)21-14-10(16)4-3-5-11(14)17/h3-8H,2,17H2,1H3,(H,18,19). The third-order valence-electron chi connectivity index (χ3n) is 2.94. The van der Waals surface area contributed by atoms with Crippen molar-refractivity contribution in [2.75, 3.05) is 12.3 Å². The molecule has 0 aliphatic heterocycles. The first-order valence-electron chi connectivity index (χ1n) is 6.52. The van der Waals surface area contributed by atoms with Crippen molar-refractivity contribution >= 4 is 40.1 Å². The molecular weight excluding hydrogens is 306 g/mol. The van der Waals surface area contributed by atoms with Crippen molar-refractivity contribution in [1.82, 2.24) is 9.97 Å². The number of fused-ring (bicyclic) bond motifs is 1. The van der Waals surface area contributed by atoms with Gasteiger partial charge in [0.05, 0.1) is 27.6 Å². The first kappa shape index (κ1) is 14.1. The Kier molecular flexibility index (Phi) is 3.94. The predicted molar refractivity (Wildman–Crippen MR) is 87.3 cm³/mol. The fourth-order valence-electron chi connectivity index (χ4n) is 2.00. The molecule has 0 atom stereocenters. The number of aromatic amines is 1. The largest absolute Gasteiger partial charge is 0.494 e. The molecule has 0 saturated heterocycles. The molecule has 0 bridgehead atoms. The Morgan fingerprint density at radius 3 is 2.95 bits per heavy atom. The summed E-state index contributed by atoms with van der Waals surface area (Å²) in [4.78, 5) is 8.59. The molecule has 0 amide bonds. The van der Waals surface area contributed by atoms with Crippen LogP contribution in [-0.2, 0) is 0 Å². The fourth-order valence-corrected chi connectivity index (χ4v) is 3.15. The first-order valence-corrected chi connectivity index (χ1v) is 7.71. The molecule has 108 valence electrons. The molecule has 0 fully saturated rings. The zero-order chi connectivity index (χ0) is 14.8. The Balaban J connectivity index is 1.94. The molecule has 3 rings (SSSR count). The van der Waals surface area contributed by atoms with E-state index < -0.39 is 0 Å². The molecule has 2 aromatic carbocycles. The second-order valence-corrected chi connectivity index (χ2v) is 5.82. The van der Waals surface area contributed by atoms with Crippen molar-refractivity contribution in [3.63, 3.8) is 0 Å². The van der Waals surface area contributed by atoms with Crippen molar-refractivity contribution in [2.24, 2.45) is 0 Å². The molecule has 1 aromatic heterocycles. The number of hydrogen-bond donors (Lipinski definition) is 2. The number of hydrogen-bond acceptors (Lipinski definition) is 4. The lowest BCUT2D eigenvalue weighted by Gasteiger charge is -2.04. The summed E-state index contributed by atoms with van der Waals surface area (Å²) in [6.07, 6.45) is 0. The number of anilines is 1. The number of rotatable bonds is 4. The zero-order valence-corrected chi connectivity index (χ0v) is 13.0. The maximum absolute atomic E-state index is 6.18. The highest BCUT2D eigenvalue weighted by molar-refractivity contribution is 7.99. The van der Waals surface area contributed by atoms with Gasteiger partial charge in [-0.15, -0.1) is 0 Å². The summed E-state index contributed by atoms with van der Waals surface area (Å²) in [5.41, 5.74) is 8.41. The van der Waals surface area contributed by atoms with Crippen LogP contribution < -0.4 is 10.5 Å². The van der Waals surface area contributed by atoms with Crippen molar-refractivity contribution in [3.8, 4) is 5.75 Å². The molecular formula is C15H14ClN3OS. The Morgan fingerprint density at radius 1 is 1.33 bits per heavy atom. The minimum atomic E-state index is 0.621. The van der Waals surface area contributed by atoms with Crippen LogP contribution in [0.15, 0.2) is 46.5 Å². The van der Waals surface area contributed by atoms with Crippen LogP contribution >= 0.6 is 23.4 Å². The smallest absolute Gasteiger partial charge is 0.171 e. The van der Waals surface area contributed by atoms with Crippen molar-refractivity contribution in [2.45, 2.75) is 17.0 Å². The minimum Gasteiger partial charge on any atom is -0.494 e. The Bertz CT molecular complexity index is 767. The van der Waals surface area contributed by atoms with E-state index in [9.17, 15) is 0 Å². The van der Waals surface area contributed by atoms with E-state index >= 15 is 0 Å². The molecule has 4 nitrogen and oxygen atoms in total. The van der Waals surface area contributed by atoms with Gasteiger partial charge in [0, 0.05) is 11.8 Å². The Morgan fingerprint density at radius 2 is 2.19 bits per heavy atom. The quantitative estimate of drug-likeness (QED) is 0.702. The number of nitrogens with one attached hydrogen (secondary N) is 1. The van der Waals surface area contributed by atoms with E-state index in [1.165, 1.54) is 11.8 Å². The van der Waals surface area contributed by atoms with E-state index in [2.05, 4.69) is 9.97 Å². The number of ether oxygens (including phenoxy) is 1. The number of H-pyrrole nitrogens is 1. The number of halogens is 1. The van der Waals surface area contributed by atoms with E-state index in [0.717, 1.165) is 26.8 Å². The van der Waals surface area contributed by atoms with E-state index in [0.29, 0.717) is 17.3 Å². The van der Waals surface area contributed by atoms with Gasteiger partial charge in [-0.1, -0.05) is 17.7 Å². The second kappa shape index (κ2) is 5.87. The van der Waals surface area contributed by atoms with E-state index in [1.807, 2.05) is 43.3 Å². The third-order valence-corrected chi connectivity index (χ3v) is 4.41. The van der Waals surface area contributed by atoms with Crippen LogP contribution in [-0.4, -0.2) is 16.6 Å². The van der Waals surface area contributed by atoms with E-state index in [4.69, 9.17) is 22.1 Å². The monoisotopic (exact) mass is 319 g/mol. The highest BCUT2D eigenvalue weighted by Crippen LogP contribution is 2.37. The van der Waals surface area contributed by atoms with Gasteiger partial charge < -0.3 is 15.5 Å². The highest BCUT2D eigenvalue weighted by Gasteiger charge is 2.10. The number of nitrogens with two attached hydrogens (primary N) is 1. The topological polar surface area (TPSA) is 63.9 Å². The molecule has 1 heterocycles. The van der Waals surface area contributed by atoms with Gasteiger partial charge >= 0.3 is 0 Å².